The molecule has 0 radical (unpaired) electrons. The van der Waals surface area contributed by atoms with Crippen molar-refractivity contribution >= 4 is 5.94 Å². The predicted octanol–water partition coefficient (Wildman–Crippen LogP) is 1.33. The zero-order chi connectivity index (χ0) is 10.5. The quantitative estimate of drug-likeness (QED) is 0.660. The normalized spacial score (nSPS) is 29.1. The molecule has 15 heavy (non-hydrogen) atoms. The summed E-state index contributed by atoms with van der Waals surface area (Å²) in [6.07, 6.45) is 7.43. The van der Waals surface area contributed by atoms with Gasteiger partial charge in [0.2, 0.25) is 0 Å². The van der Waals surface area contributed by atoms with Crippen molar-refractivity contribution in [1.82, 2.24) is 10.2 Å². The van der Waals surface area contributed by atoms with E-state index in [1.54, 1.807) is 0 Å². The minimum Gasteiger partial charge on any atom is -0.378 e. The maximum Gasteiger partial charge on any atom is 0.147 e. The van der Waals surface area contributed by atoms with Gasteiger partial charge in [-0.05, 0) is 45.2 Å². The lowest BCUT2D eigenvalue weighted by Crippen LogP contribution is -2.42. The van der Waals surface area contributed by atoms with Gasteiger partial charge in [-0.15, -0.1) is 0 Å². The monoisotopic (exact) mass is 208 g/mol. The van der Waals surface area contributed by atoms with E-state index in [2.05, 4.69) is 16.2 Å². The van der Waals surface area contributed by atoms with E-state index < -0.39 is 0 Å². The molecule has 0 saturated carbocycles. The highest BCUT2D eigenvalue weighted by molar-refractivity contribution is 5.53. The van der Waals surface area contributed by atoms with E-state index in [9.17, 15) is 4.79 Å². The van der Waals surface area contributed by atoms with Gasteiger partial charge in [-0.1, -0.05) is 6.42 Å². The molecule has 0 amide bonds. The second-order valence-corrected chi connectivity index (χ2v) is 4.55. The average Bonchev–Trinajstić information content (AvgIpc) is 2.55. The fourth-order valence-corrected chi connectivity index (χ4v) is 2.65. The minimum absolute atomic E-state index is 0.324. The number of nitrogens with zero attached hydrogens (tertiary/aromatic N) is 1. The van der Waals surface area contributed by atoms with Crippen LogP contribution >= 0.6 is 0 Å². The van der Waals surface area contributed by atoms with Crippen molar-refractivity contribution in [3.8, 4) is 0 Å². The molecular formula is C12H20N2O. The van der Waals surface area contributed by atoms with Crippen LogP contribution in [0, 0.1) is 0 Å². The van der Waals surface area contributed by atoms with Gasteiger partial charge in [0, 0.05) is 6.54 Å². The predicted molar refractivity (Wildman–Crippen MR) is 60.3 cm³/mol. The molecular weight excluding hydrogens is 188 g/mol. The van der Waals surface area contributed by atoms with Crippen LogP contribution in [0.2, 0.25) is 0 Å². The van der Waals surface area contributed by atoms with Crippen LogP contribution in [0.4, 0.5) is 0 Å². The van der Waals surface area contributed by atoms with Crippen LogP contribution in [0.3, 0.4) is 0 Å². The fourth-order valence-electron chi connectivity index (χ4n) is 2.65. The molecule has 2 rings (SSSR count). The third-order valence-corrected chi connectivity index (χ3v) is 3.49. The van der Waals surface area contributed by atoms with Gasteiger partial charge in [-0.25, -0.2) is 4.79 Å². The number of carbonyl (C=O) groups excluding carboxylic acids is 1. The first-order valence-electron chi connectivity index (χ1n) is 6.15. The molecule has 2 heterocycles. The van der Waals surface area contributed by atoms with Crippen molar-refractivity contribution in [1.29, 1.82) is 0 Å². The molecule has 2 fully saturated rings. The lowest BCUT2D eigenvalue weighted by atomic mass is 10.0. The summed E-state index contributed by atoms with van der Waals surface area (Å²) in [6.45, 7) is 3.24. The Balaban J connectivity index is 2.05. The topological polar surface area (TPSA) is 32.3 Å². The molecule has 2 saturated heterocycles. The van der Waals surface area contributed by atoms with Crippen LogP contribution in [-0.2, 0) is 4.79 Å². The summed E-state index contributed by atoms with van der Waals surface area (Å²) < 4.78 is 0. The molecule has 3 nitrogen and oxygen atoms in total. The van der Waals surface area contributed by atoms with Crippen LogP contribution in [0.1, 0.15) is 38.5 Å². The number of nitrogens with one attached hydrogen (secondary N) is 1. The summed E-state index contributed by atoms with van der Waals surface area (Å²) in [4.78, 5) is 13.4. The molecule has 1 unspecified atom stereocenters. The van der Waals surface area contributed by atoms with E-state index in [0.29, 0.717) is 6.04 Å². The molecule has 1 atom stereocenters. The molecule has 2 aliphatic rings. The Hall–Kier alpha value is -0.790. The van der Waals surface area contributed by atoms with Crippen LogP contribution in [-0.4, -0.2) is 36.5 Å². The van der Waals surface area contributed by atoms with E-state index in [1.165, 1.54) is 32.1 Å². The Labute approximate surface area is 91.5 Å². The highest BCUT2D eigenvalue weighted by atomic mass is 16.1. The fraction of sp³-hybridized carbons (Fsp3) is 0.833. The Morgan fingerprint density at radius 3 is 2.67 bits per heavy atom. The van der Waals surface area contributed by atoms with Crippen LogP contribution in [0.15, 0.2) is 5.70 Å². The van der Waals surface area contributed by atoms with Gasteiger partial charge in [-0.2, -0.15) is 0 Å². The number of likely N-dealkylation sites (tertiary alicyclic amines) is 1. The summed E-state index contributed by atoms with van der Waals surface area (Å²) in [5, 5.41) is 3.23. The molecule has 0 aliphatic carbocycles. The third-order valence-electron chi connectivity index (χ3n) is 3.49. The van der Waals surface area contributed by atoms with Gasteiger partial charge in [0.1, 0.15) is 11.6 Å². The Morgan fingerprint density at radius 1 is 1.13 bits per heavy atom. The Morgan fingerprint density at radius 2 is 1.93 bits per heavy atom. The number of hydrogen-bond acceptors (Lipinski definition) is 3. The smallest absolute Gasteiger partial charge is 0.147 e. The van der Waals surface area contributed by atoms with E-state index in [4.69, 9.17) is 0 Å². The highest BCUT2D eigenvalue weighted by Crippen LogP contribution is 2.21. The molecule has 3 heteroatoms. The maximum absolute atomic E-state index is 10.9. The first-order valence-corrected chi connectivity index (χ1v) is 6.15. The van der Waals surface area contributed by atoms with Crippen LogP contribution in [0.25, 0.3) is 0 Å². The lowest BCUT2D eigenvalue weighted by molar-refractivity contribution is 0.175. The summed E-state index contributed by atoms with van der Waals surface area (Å²) in [5.41, 5.74) is 0.800. The third kappa shape index (κ3) is 2.61. The second kappa shape index (κ2) is 5.34. The Kier molecular flexibility index (Phi) is 3.81. The standard InChI is InChI=1S/C12H20N2O/c15-10-11-12(6-2-3-7-13-11)14-8-4-1-5-9-14/h12-13H,1-9H2. The zero-order valence-electron chi connectivity index (χ0n) is 9.30. The summed E-state index contributed by atoms with van der Waals surface area (Å²) in [6, 6.07) is 0.324. The molecule has 0 aromatic carbocycles. The molecule has 1 N–H and O–H groups in total. The van der Waals surface area contributed by atoms with E-state index in [0.717, 1.165) is 31.8 Å². The van der Waals surface area contributed by atoms with Crippen molar-refractivity contribution in [3.05, 3.63) is 5.70 Å². The summed E-state index contributed by atoms with van der Waals surface area (Å²) >= 11 is 0. The molecule has 0 aromatic rings. The van der Waals surface area contributed by atoms with Gasteiger partial charge in [0.05, 0.1) is 6.04 Å². The van der Waals surface area contributed by atoms with Gasteiger partial charge in [0.15, 0.2) is 0 Å². The minimum atomic E-state index is 0.324. The molecule has 0 spiro atoms. The van der Waals surface area contributed by atoms with Gasteiger partial charge in [0.25, 0.3) is 0 Å². The average molecular weight is 208 g/mol. The first kappa shape index (κ1) is 10.7. The van der Waals surface area contributed by atoms with Gasteiger partial charge >= 0.3 is 0 Å². The Bertz CT molecular complexity index is 252. The highest BCUT2D eigenvalue weighted by Gasteiger charge is 2.25. The van der Waals surface area contributed by atoms with Gasteiger partial charge in [-0.3, -0.25) is 4.90 Å². The lowest BCUT2D eigenvalue weighted by Gasteiger charge is -2.34. The van der Waals surface area contributed by atoms with Crippen molar-refractivity contribution in [2.45, 2.75) is 44.6 Å². The zero-order valence-corrected chi connectivity index (χ0v) is 9.30. The van der Waals surface area contributed by atoms with E-state index in [1.807, 2.05) is 0 Å². The van der Waals surface area contributed by atoms with Crippen LogP contribution < -0.4 is 5.32 Å². The second-order valence-electron chi connectivity index (χ2n) is 4.55. The van der Waals surface area contributed by atoms with Crippen molar-refractivity contribution in [3.63, 3.8) is 0 Å². The molecule has 0 bridgehead atoms. The largest absolute Gasteiger partial charge is 0.378 e. The SMILES string of the molecule is O=C=C1NCCCCC1N1CCCCC1. The summed E-state index contributed by atoms with van der Waals surface area (Å²) in [7, 11) is 0. The maximum atomic E-state index is 10.9. The molecule has 0 aromatic heterocycles. The van der Waals surface area contributed by atoms with Crippen molar-refractivity contribution in [2.24, 2.45) is 0 Å². The van der Waals surface area contributed by atoms with E-state index >= 15 is 0 Å². The van der Waals surface area contributed by atoms with Crippen LogP contribution in [0.5, 0.6) is 0 Å². The summed E-state index contributed by atoms with van der Waals surface area (Å²) in [5.74, 6) is 2.11. The van der Waals surface area contributed by atoms with E-state index in [-0.39, 0.29) is 0 Å². The van der Waals surface area contributed by atoms with Crippen molar-refractivity contribution < 1.29 is 4.79 Å². The van der Waals surface area contributed by atoms with Crippen molar-refractivity contribution in [2.75, 3.05) is 19.6 Å². The first-order chi connectivity index (χ1) is 7.42. The number of hydrogen-bond donors (Lipinski definition) is 1. The van der Waals surface area contributed by atoms with Gasteiger partial charge < -0.3 is 5.32 Å². The number of piperidine rings is 1. The number of rotatable bonds is 1. The molecule has 2 aliphatic heterocycles. The molecule has 84 valence electrons.